The maximum absolute atomic E-state index is 12.3. The molecule has 0 saturated carbocycles. The van der Waals surface area contributed by atoms with Crippen molar-refractivity contribution in [2.75, 3.05) is 26.2 Å². The number of amides is 1. The Hall–Kier alpha value is -1.10. The molecular formula is C12H20N2O3. The molecule has 2 heterocycles. The Morgan fingerprint density at radius 1 is 1.35 bits per heavy atom. The maximum atomic E-state index is 12.3. The van der Waals surface area contributed by atoms with Crippen LogP contribution in [0.25, 0.3) is 0 Å². The van der Waals surface area contributed by atoms with Crippen molar-refractivity contribution in [3.05, 3.63) is 0 Å². The molecule has 2 fully saturated rings. The monoisotopic (exact) mass is 240 g/mol. The fourth-order valence-corrected chi connectivity index (χ4v) is 2.75. The van der Waals surface area contributed by atoms with Crippen molar-refractivity contribution >= 4 is 11.9 Å². The van der Waals surface area contributed by atoms with Gasteiger partial charge in [0.2, 0.25) is 5.91 Å². The number of carbonyl (C=O) groups excluding carboxylic acids is 1. The fourth-order valence-electron chi connectivity index (χ4n) is 2.75. The van der Waals surface area contributed by atoms with Crippen molar-refractivity contribution in [1.29, 1.82) is 0 Å². The smallest absolute Gasteiger partial charge is 0.308 e. The van der Waals surface area contributed by atoms with Crippen LogP contribution in [-0.4, -0.2) is 48.1 Å². The van der Waals surface area contributed by atoms with E-state index < -0.39 is 5.97 Å². The van der Waals surface area contributed by atoms with Gasteiger partial charge in [-0.25, -0.2) is 0 Å². The first-order valence-corrected chi connectivity index (χ1v) is 6.32. The lowest BCUT2D eigenvalue weighted by Crippen LogP contribution is -2.46. The number of hydrogen-bond donors (Lipinski definition) is 2. The van der Waals surface area contributed by atoms with Crippen LogP contribution in [0.5, 0.6) is 0 Å². The second kappa shape index (κ2) is 5.04. The third-order valence-electron chi connectivity index (χ3n) is 3.92. The molecule has 2 unspecified atom stereocenters. The standard InChI is InChI=1S/C12H20N2O3/c1-8-5-13-6-10(8)11(15)14-4-2-3-9(7-14)12(16)17/h8-10,13H,2-7H2,1H3,(H,16,17)/t8?,9-,10?/m1/s1. The molecule has 0 aromatic rings. The van der Waals surface area contributed by atoms with Gasteiger partial charge in [-0.05, 0) is 25.3 Å². The topological polar surface area (TPSA) is 69.6 Å². The summed E-state index contributed by atoms with van der Waals surface area (Å²) in [5.41, 5.74) is 0. The summed E-state index contributed by atoms with van der Waals surface area (Å²) in [5, 5.41) is 12.2. The number of likely N-dealkylation sites (tertiary alicyclic amines) is 1. The fraction of sp³-hybridized carbons (Fsp3) is 0.833. The third-order valence-corrected chi connectivity index (χ3v) is 3.92. The first-order valence-electron chi connectivity index (χ1n) is 6.32. The van der Waals surface area contributed by atoms with E-state index in [1.807, 2.05) is 0 Å². The van der Waals surface area contributed by atoms with E-state index in [9.17, 15) is 9.59 Å². The molecule has 2 rings (SSSR count). The summed E-state index contributed by atoms with van der Waals surface area (Å²) in [5.74, 6) is -0.638. The minimum atomic E-state index is -0.778. The van der Waals surface area contributed by atoms with Crippen LogP contribution in [0.1, 0.15) is 19.8 Å². The van der Waals surface area contributed by atoms with Crippen molar-refractivity contribution in [2.45, 2.75) is 19.8 Å². The summed E-state index contributed by atoms with van der Waals surface area (Å²) in [6.07, 6.45) is 1.49. The lowest BCUT2D eigenvalue weighted by Gasteiger charge is -2.33. The average molecular weight is 240 g/mol. The maximum Gasteiger partial charge on any atom is 0.308 e. The second-order valence-electron chi connectivity index (χ2n) is 5.20. The number of piperidine rings is 1. The van der Waals surface area contributed by atoms with Gasteiger partial charge < -0.3 is 15.3 Å². The van der Waals surface area contributed by atoms with Crippen molar-refractivity contribution in [3.8, 4) is 0 Å². The van der Waals surface area contributed by atoms with Gasteiger partial charge in [-0.2, -0.15) is 0 Å². The summed E-state index contributed by atoms with van der Waals surface area (Å²) < 4.78 is 0. The Labute approximate surface area is 101 Å². The van der Waals surface area contributed by atoms with Gasteiger partial charge in [0.1, 0.15) is 0 Å². The van der Waals surface area contributed by atoms with Crippen molar-refractivity contribution < 1.29 is 14.7 Å². The molecule has 0 bridgehead atoms. The number of hydrogen-bond acceptors (Lipinski definition) is 3. The number of aliphatic carboxylic acids is 1. The van der Waals surface area contributed by atoms with Gasteiger partial charge in [-0.3, -0.25) is 9.59 Å². The minimum Gasteiger partial charge on any atom is -0.481 e. The van der Waals surface area contributed by atoms with E-state index in [0.29, 0.717) is 25.4 Å². The molecule has 2 N–H and O–H groups in total. The van der Waals surface area contributed by atoms with E-state index in [1.54, 1.807) is 4.90 Å². The summed E-state index contributed by atoms with van der Waals surface area (Å²) in [4.78, 5) is 25.0. The Balaban J connectivity index is 1.97. The molecule has 0 radical (unpaired) electrons. The summed E-state index contributed by atoms with van der Waals surface area (Å²) in [7, 11) is 0. The minimum absolute atomic E-state index is 0.0301. The van der Waals surface area contributed by atoms with Gasteiger partial charge >= 0.3 is 5.97 Å². The highest BCUT2D eigenvalue weighted by Crippen LogP contribution is 2.23. The first-order chi connectivity index (χ1) is 8.09. The summed E-state index contributed by atoms with van der Waals surface area (Å²) >= 11 is 0. The molecule has 96 valence electrons. The molecule has 0 aliphatic carbocycles. The predicted octanol–water partition coefficient (Wildman–Crippen LogP) is 0.165. The lowest BCUT2D eigenvalue weighted by molar-refractivity contribution is -0.146. The highest BCUT2D eigenvalue weighted by molar-refractivity contribution is 5.81. The van der Waals surface area contributed by atoms with Gasteiger partial charge in [0, 0.05) is 19.6 Å². The number of carboxylic acids is 1. The van der Waals surface area contributed by atoms with E-state index in [-0.39, 0.29) is 17.7 Å². The van der Waals surface area contributed by atoms with Crippen molar-refractivity contribution in [2.24, 2.45) is 17.8 Å². The van der Waals surface area contributed by atoms with Crippen LogP contribution in [0.4, 0.5) is 0 Å². The molecular weight excluding hydrogens is 220 g/mol. The molecule has 17 heavy (non-hydrogen) atoms. The van der Waals surface area contributed by atoms with Gasteiger partial charge in [0.25, 0.3) is 0 Å². The SMILES string of the molecule is CC1CNCC1C(=O)N1CCC[C@@H](C(=O)O)C1. The molecule has 1 amide bonds. The molecule has 5 nitrogen and oxygen atoms in total. The first kappa shape index (κ1) is 12.4. The third kappa shape index (κ3) is 2.60. The van der Waals surface area contributed by atoms with E-state index in [1.165, 1.54) is 0 Å². The van der Waals surface area contributed by atoms with E-state index in [2.05, 4.69) is 12.2 Å². The van der Waals surface area contributed by atoms with Crippen LogP contribution < -0.4 is 5.32 Å². The van der Waals surface area contributed by atoms with Gasteiger partial charge in [0.15, 0.2) is 0 Å². The number of carboxylic acid groups (broad SMARTS) is 1. The zero-order chi connectivity index (χ0) is 12.4. The quantitative estimate of drug-likeness (QED) is 0.721. The van der Waals surface area contributed by atoms with E-state index >= 15 is 0 Å². The average Bonchev–Trinajstić information content (AvgIpc) is 2.74. The van der Waals surface area contributed by atoms with Crippen LogP contribution in [0.15, 0.2) is 0 Å². The van der Waals surface area contributed by atoms with Crippen LogP contribution >= 0.6 is 0 Å². The highest BCUT2D eigenvalue weighted by atomic mass is 16.4. The largest absolute Gasteiger partial charge is 0.481 e. The molecule has 2 aliphatic heterocycles. The van der Waals surface area contributed by atoms with Gasteiger partial charge in [-0.1, -0.05) is 6.92 Å². The number of carbonyl (C=O) groups is 2. The predicted molar refractivity (Wildman–Crippen MR) is 62.5 cm³/mol. The number of rotatable bonds is 2. The Morgan fingerprint density at radius 3 is 2.71 bits per heavy atom. The molecule has 0 aromatic carbocycles. The van der Waals surface area contributed by atoms with Crippen LogP contribution in [-0.2, 0) is 9.59 Å². The van der Waals surface area contributed by atoms with E-state index in [0.717, 1.165) is 19.5 Å². The van der Waals surface area contributed by atoms with Crippen LogP contribution in [0, 0.1) is 17.8 Å². The Bertz CT molecular complexity index is 319. The van der Waals surface area contributed by atoms with Crippen molar-refractivity contribution in [1.82, 2.24) is 10.2 Å². The van der Waals surface area contributed by atoms with Crippen LogP contribution in [0.3, 0.4) is 0 Å². The van der Waals surface area contributed by atoms with E-state index in [4.69, 9.17) is 5.11 Å². The number of nitrogens with zero attached hydrogens (tertiary/aromatic N) is 1. The lowest BCUT2D eigenvalue weighted by atomic mass is 9.93. The summed E-state index contributed by atoms with van der Waals surface area (Å²) in [6.45, 7) is 4.78. The Kier molecular flexibility index (Phi) is 3.66. The summed E-state index contributed by atoms with van der Waals surface area (Å²) in [6, 6.07) is 0. The molecule has 2 saturated heterocycles. The zero-order valence-electron chi connectivity index (χ0n) is 10.2. The van der Waals surface area contributed by atoms with Crippen molar-refractivity contribution in [3.63, 3.8) is 0 Å². The molecule has 0 spiro atoms. The van der Waals surface area contributed by atoms with Crippen LogP contribution in [0.2, 0.25) is 0 Å². The molecule has 5 heteroatoms. The molecule has 3 atom stereocenters. The highest BCUT2D eigenvalue weighted by Gasteiger charge is 2.35. The molecule has 0 aromatic heterocycles. The number of nitrogens with one attached hydrogen (secondary N) is 1. The zero-order valence-corrected chi connectivity index (χ0v) is 10.2. The van der Waals surface area contributed by atoms with Gasteiger partial charge in [0.05, 0.1) is 11.8 Å². The second-order valence-corrected chi connectivity index (χ2v) is 5.20. The normalized spacial score (nSPS) is 33.7. The van der Waals surface area contributed by atoms with Gasteiger partial charge in [-0.15, -0.1) is 0 Å². The Morgan fingerprint density at radius 2 is 2.12 bits per heavy atom. The molecule has 2 aliphatic rings.